The van der Waals surface area contributed by atoms with Gasteiger partial charge >= 0.3 is 6.03 Å². The molecular formula is C18H18F2N6O2. The molecule has 28 heavy (non-hydrogen) atoms. The molecule has 10 heteroatoms. The van der Waals surface area contributed by atoms with E-state index in [1.165, 1.54) is 4.90 Å². The van der Waals surface area contributed by atoms with Gasteiger partial charge in [0, 0.05) is 32.3 Å². The molecular weight excluding hydrogens is 370 g/mol. The van der Waals surface area contributed by atoms with Crippen molar-refractivity contribution in [3.05, 3.63) is 53.6 Å². The van der Waals surface area contributed by atoms with Crippen molar-refractivity contribution in [2.45, 2.75) is 6.54 Å². The van der Waals surface area contributed by atoms with Crippen LogP contribution in [0.15, 0.2) is 36.4 Å². The van der Waals surface area contributed by atoms with Gasteiger partial charge < -0.3 is 15.5 Å². The molecule has 3 aromatic rings. The highest BCUT2D eigenvalue weighted by Crippen LogP contribution is 2.15. The summed E-state index contributed by atoms with van der Waals surface area (Å²) in [5.74, 6) is -1.72. The van der Waals surface area contributed by atoms with E-state index in [1.54, 1.807) is 37.0 Å². The molecule has 0 saturated carbocycles. The number of nitrogens with zero attached hydrogens (tertiary/aromatic N) is 4. The molecule has 3 rings (SSSR count). The summed E-state index contributed by atoms with van der Waals surface area (Å²) in [4.78, 5) is 25.3. The zero-order valence-corrected chi connectivity index (χ0v) is 15.2. The predicted octanol–water partition coefficient (Wildman–Crippen LogP) is 2.23. The monoisotopic (exact) mass is 388 g/mol. The van der Waals surface area contributed by atoms with Crippen molar-refractivity contribution >= 4 is 28.7 Å². The van der Waals surface area contributed by atoms with Crippen LogP contribution >= 0.6 is 0 Å². The summed E-state index contributed by atoms with van der Waals surface area (Å²) < 4.78 is 28.0. The molecule has 0 saturated heterocycles. The highest BCUT2D eigenvalue weighted by Gasteiger charge is 2.12. The maximum Gasteiger partial charge on any atom is 0.319 e. The number of fused-ring (bicyclic) bond motifs is 1. The minimum Gasteiger partial charge on any atom is -0.345 e. The molecule has 0 atom stereocenters. The average Bonchev–Trinajstić information content (AvgIpc) is 3.05. The topological polar surface area (TPSA) is 92.2 Å². The van der Waals surface area contributed by atoms with E-state index >= 15 is 0 Å². The van der Waals surface area contributed by atoms with Crippen molar-refractivity contribution < 1.29 is 18.4 Å². The van der Waals surface area contributed by atoms with Gasteiger partial charge in [-0.15, -0.1) is 5.10 Å². The number of halogens is 2. The Bertz CT molecular complexity index is 1030. The summed E-state index contributed by atoms with van der Waals surface area (Å²) in [6, 6.07) is 7.32. The molecule has 1 aromatic heterocycles. The summed E-state index contributed by atoms with van der Waals surface area (Å²) in [7, 11) is 3.33. The van der Waals surface area contributed by atoms with Crippen molar-refractivity contribution in [2.24, 2.45) is 0 Å². The zero-order valence-electron chi connectivity index (χ0n) is 15.2. The summed E-state index contributed by atoms with van der Waals surface area (Å²) in [6.07, 6.45) is 0. The van der Waals surface area contributed by atoms with Crippen LogP contribution in [-0.4, -0.2) is 52.5 Å². The Kier molecular flexibility index (Phi) is 5.48. The van der Waals surface area contributed by atoms with Crippen molar-refractivity contribution in [3.8, 4) is 0 Å². The number of hydrogen-bond acceptors (Lipinski definition) is 4. The van der Waals surface area contributed by atoms with E-state index in [2.05, 4.69) is 20.9 Å². The van der Waals surface area contributed by atoms with Gasteiger partial charge in [0.2, 0.25) is 0 Å². The van der Waals surface area contributed by atoms with E-state index < -0.39 is 17.7 Å². The molecule has 0 radical (unpaired) electrons. The van der Waals surface area contributed by atoms with Gasteiger partial charge in [0.05, 0.1) is 17.7 Å². The Morgan fingerprint density at radius 3 is 2.64 bits per heavy atom. The number of carbonyl (C=O) groups excluding carboxylic acids is 2. The summed E-state index contributed by atoms with van der Waals surface area (Å²) in [5.41, 5.74) is 1.65. The number of aromatic nitrogens is 3. The summed E-state index contributed by atoms with van der Waals surface area (Å²) >= 11 is 0. The van der Waals surface area contributed by atoms with Crippen LogP contribution in [0.3, 0.4) is 0 Å². The van der Waals surface area contributed by atoms with Crippen LogP contribution in [0.4, 0.5) is 19.3 Å². The number of benzene rings is 2. The first-order valence-electron chi connectivity index (χ1n) is 8.40. The third-order valence-electron chi connectivity index (χ3n) is 3.96. The number of rotatable bonds is 5. The van der Waals surface area contributed by atoms with Gasteiger partial charge in [0.15, 0.2) is 0 Å². The standard InChI is InChI=1S/C18H18F2N6O2/c1-25(2)17(27)11-3-6-16-15(9-11)23-24-26(16)8-7-21-18(28)22-14-5-4-12(19)10-13(14)20/h3-6,9-10H,7-8H2,1-2H3,(H2,21,22,28). The molecule has 0 spiro atoms. The van der Waals surface area contributed by atoms with E-state index in [0.717, 1.165) is 12.1 Å². The van der Waals surface area contributed by atoms with Crippen LogP contribution in [0.2, 0.25) is 0 Å². The smallest absolute Gasteiger partial charge is 0.319 e. The van der Waals surface area contributed by atoms with Crippen molar-refractivity contribution in [3.63, 3.8) is 0 Å². The molecule has 146 valence electrons. The Morgan fingerprint density at radius 1 is 1.14 bits per heavy atom. The van der Waals surface area contributed by atoms with Crippen LogP contribution in [0, 0.1) is 11.6 Å². The lowest BCUT2D eigenvalue weighted by molar-refractivity contribution is 0.0827. The number of anilines is 1. The Morgan fingerprint density at radius 2 is 1.93 bits per heavy atom. The number of amides is 3. The third-order valence-corrected chi connectivity index (χ3v) is 3.96. The lowest BCUT2D eigenvalue weighted by Crippen LogP contribution is -2.32. The molecule has 8 nitrogen and oxygen atoms in total. The molecule has 3 amide bonds. The average molecular weight is 388 g/mol. The molecule has 2 aromatic carbocycles. The normalized spacial score (nSPS) is 10.7. The molecule has 1 heterocycles. The van der Waals surface area contributed by atoms with E-state index in [4.69, 9.17) is 0 Å². The summed E-state index contributed by atoms with van der Waals surface area (Å²) in [6.45, 7) is 0.516. The number of carbonyl (C=O) groups is 2. The Hall–Kier alpha value is -3.56. The maximum absolute atomic E-state index is 13.5. The first kappa shape index (κ1) is 19.2. The fourth-order valence-electron chi connectivity index (χ4n) is 2.56. The zero-order chi connectivity index (χ0) is 20.3. The van der Waals surface area contributed by atoms with E-state index in [1.807, 2.05) is 0 Å². The van der Waals surface area contributed by atoms with Gasteiger partial charge in [-0.1, -0.05) is 5.21 Å². The van der Waals surface area contributed by atoms with Crippen molar-refractivity contribution in [2.75, 3.05) is 26.0 Å². The lowest BCUT2D eigenvalue weighted by Gasteiger charge is -2.10. The highest BCUT2D eigenvalue weighted by molar-refractivity contribution is 5.97. The molecule has 0 aliphatic heterocycles. The largest absolute Gasteiger partial charge is 0.345 e. The first-order valence-corrected chi connectivity index (χ1v) is 8.40. The van der Waals surface area contributed by atoms with Crippen LogP contribution < -0.4 is 10.6 Å². The number of urea groups is 1. The lowest BCUT2D eigenvalue weighted by atomic mass is 10.2. The fraction of sp³-hybridized carbons (Fsp3) is 0.222. The van der Waals surface area contributed by atoms with Crippen LogP contribution in [0.1, 0.15) is 10.4 Å². The number of nitrogens with one attached hydrogen (secondary N) is 2. The number of hydrogen-bond donors (Lipinski definition) is 2. The molecule has 0 aliphatic rings. The molecule has 0 aliphatic carbocycles. The third kappa shape index (κ3) is 4.22. The van der Waals surface area contributed by atoms with Crippen molar-refractivity contribution in [1.82, 2.24) is 25.2 Å². The molecule has 0 fully saturated rings. The van der Waals surface area contributed by atoms with Gasteiger partial charge in [-0.25, -0.2) is 18.3 Å². The molecule has 0 unspecified atom stereocenters. The van der Waals surface area contributed by atoms with E-state index in [9.17, 15) is 18.4 Å². The van der Waals surface area contributed by atoms with E-state index in [0.29, 0.717) is 29.2 Å². The Labute approximate surface area is 159 Å². The first-order chi connectivity index (χ1) is 13.3. The quantitative estimate of drug-likeness (QED) is 0.701. The summed E-state index contributed by atoms with van der Waals surface area (Å²) in [5, 5.41) is 12.9. The van der Waals surface area contributed by atoms with Gasteiger partial charge in [-0.3, -0.25) is 4.79 Å². The van der Waals surface area contributed by atoms with Gasteiger partial charge in [-0.05, 0) is 30.3 Å². The predicted molar refractivity (Wildman–Crippen MR) is 98.9 cm³/mol. The highest BCUT2D eigenvalue weighted by atomic mass is 19.1. The van der Waals surface area contributed by atoms with Crippen LogP contribution in [-0.2, 0) is 6.54 Å². The molecule has 0 bridgehead atoms. The van der Waals surface area contributed by atoms with Gasteiger partial charge in [0.1, 0.15) is 17.2 Å². The molecule has 2 N–H and O–H groups in total. The second-order valence-corrected chi connectivity index (χ2v) is 6.22. The van der Waals surface area contributed by atoms with Gasteiger partial charge in [0.25, 0.3) is 5.91 Å². The fourth-order valence-corrected chi connectivity index (χ4v) is 2.56. The van der Waals surface area contributed by atoms with Crippen LogP contribution in [0.25, 0.3) is 11.0 Å². The van der Waals surface area contributed by atoms with Gasteiger partial charge in [-0.2, -0.15) is 0 Å². The maximum atomic E-state index is 13.5. The minimum absolute atomic E-state index is 0.122. The Balaban J connectivity index is 1.59. The van der Waals surface area contributed by atoms with Crippen molar-refractivity contribution in [1.29, 1.82) is 0 Å². The second-order valence-electron chi connectivity index (χ2n) is 6.22. The second kappa shape index (κ2) is 7.99. The minimum atomic E-state index is -0.861. The van der Waals surface area contributed by atoms with Crippen LogP contribution in [0.5, 0.6) is 0 Å². The SMILES string of the molecule is CN(C)C(=O)c1ccc2c(c1)nnn2CCNC(=O)Nc1ccc(F)cc1F. The van der Waals surface area contributed by atoms with E-state index in [-0.39, 0.29) is 18.1 Å².